The number of nitrogens with one attached hydrogen (secondary N) is 1. The van der Waals surface area contributed by atoms with Crippen LogP contribution in [0.5, 0.6) is 0 Å². The lowest BCUT2D eigenvalue weighted by Crippen LogP contribution is -2.54. The first-order valence-corrected chi connectivity index (χ1v) is 6.63. The normalized spacial score (nSPS) is 25.8. The Labute approximate surface area is 112 Å². The zero-order valence-corrected chi connectivity index (χ0v) is 10.7. The van der Waals surface area contributed by atoms with Crippen LogP contribution in [-0.2, 0) is 16.0 Å². The molecule has 0 bridgehead atoms. The van der Waals surface area contributed by atoms with E-state index in [-0.39, 0.29) is 24.6 Å². The number of morpholine rings is 1. The second-order valence-electron chi connectivity index (χ2n) is 5.00. The van der Waals surface area contributed by atoms with Crippen molar-refractivity contribution in [1.29, 1.82) is 0 Å². The summed E-state index contributed by atoms with van der Waals surface area (Å²) in [4.78, 5) is 14.3. The van der Waals surface area contributed by atoms with Crippen molar-refractivity contribution < 1.29 is 14.6 Å². The molecule has 1 amide bonds. The first-order valence-electron chi connectivity index (χ1n) is 6.63. The standard InChI is InChI=1S/C14H18N2O3/c17-8-11-9-19-6-5-16(11)14(18)13-7-10-3-1-2-4-12(10)15-13/h1-4,11,13,15,17H,5-9H2. The quantitative estimate of drug-likeness (QED) is 0.801. The van der Waals surface area contributed by atoms with Gasteiger partial charge in [-0.3, -0.25) is 4.79 Å². The fourth-order valence-corrected chi connectivity index (χ4v) is 2.74. The third-order valence-corrected chi connectivity index (χ3v) is 3.79. The molecule has 0 saturated carbocycles. The van der Waals surface area contributed by atoms with Crippen molar-refractivity contribution in [3.63, 3.8) is 0 Å². The maximum absolute atomic E-state index is 12.5. The molecule has 1 fully saturated rings. The smallest absolute Gasteiger partial charge is 0.245 e. The monoisotopic (exact) mass is 262 g/mol. The average Bonchev–Trinajstić information content (AvgIpc) is 2.90. The van der Waals surface area contributed by atoms with Crippen LogP contribution in [0.3, 0.4) is 0 Å². The van der Waals surface area contributed by atoms with Crippen LogP contribution in [0.25, 0.3) is 0 Å². The molecule has 3 rings (SSSR count). The first-order chi connectivity index (χ1) is 9.29. The lowest BCUT2D eigenvalue weighted by Gasteiger charge is -2.36. The van der Waals surface area contributed by atoms with Gasteiger partial charge in [-0.05, 0) is 11.6 Å². The second kappa shape index (κ2) is 5.19. The van der Waals surface area contributed by atoms with Crippen molar-refractivity contribution in [2.75, 3.05) is 31.7 Å². The van der Waals surface area contributed by atoms with Crippen LogP contribution >= 0.6 is 0 Å². The fourth-order valence-electron chi connectivity index (χ4n) is 2.74. The van der Waals surface area contributed by atoms with Crippen LogP contribution in [-0.4, -0.2) is 54.4 Å². The van der Waals surface area contributed by atoms with Gasteiger partial charge in [0.15, 0.2) is 0 Å². The molecule has 0 aliphatic carbocycles. The molecule has 19 heavy (non-hydrogen) atoms. The van der Waals surface area contributed by atoms with Gasteiger partial charge in [0.2, 0.25) is 5.91 Å². The molecule has 5 heteroatoms. The van der Waals surface area contributed by atoms with Crippen molar-refractivity contribution in [2.24, 2.45) is 0 Å². The van der Waals surface area contributed by atoms with E-state index in [1.807, 2.05) is 24.3 Å². The number of hydrogen-bond donors (Lipinski definition) is 2. The van der Waals surface area contributed by atoms with Gasteiger partial charge in [-0.15, -0.1) is 0 Å². The van der Waals surface area contributed by atoms with E-state index in [1.165, 1.54) is 5.56 Å². The maximum Gasteiger partial charge on any atom is 0.245 e. The number of carbonyl (C=O) groups is 1. The van der Waals surface area contributed by atoms with Crippen LogP contribution in [0.2, 0.25) is 0 Å². The molecule has 2 aliphatic heterocycles. The predicted molar refractivity (Wildman–Crippen MR) is 71.0 cm³/mol. The summed E-state index contributed by atoms with van der Waals surface area (Å²) in [6.07, 6.45) is 0.713. The van der Waals surface area contributed by atoms with Crippen molar-refractivity contribution in [3.8, 4) is 0 Å². The zero-order valence-electron chi connectivity index (χ0n) is 10.7. The van der Waals surface area contributed by atoms with Gasteiger partial charge in [-0.2, -0.15) is 0 Å². The van der Waals surface area contributed by atoms with Gasteiger partial charge in [-0.25, -0.2) is 0 Å². The topological polar surface area (TPSA) is 61.8 Å². The molecule has 2 N–H and O–H groups in total. The van der Waals surface area contributed by atoms with Crippen LogP contribution in [0, 0.1) is 0 Å². The molecule has 1 aromatic carbocycles. The Balaban J connectivity index is 1.72. The summed E-state index contributed by atoms with van der Waals surface area (Å²) in [6, 6.07) is 7.54. The molecular formula is C14H18N2O3. The van der Waals surface area contributed by atoms with Crippen LogP contribution in [0.1, 0.15) is 5.56 Å². The van der Waals surface area contributed by atoms with Crippen molar-refractivity contribution >= 4 is 11.6 Å². The van der Waals surface area contributed by atoms with E-state index < -0.39 is 0 Å². The molecular weight excluding hydrogens is 244 g/mol. The highest BCUT2D eigenvalue weighted by Gasteiger charge is 2.34. The number of rotatable bonds is 2. The SMILES string of the molecule is O=C(C1Cc2ccccc2N1)N1CCOCC1CO. The van der Waals surface area contributed by atoms with Gasteiger partial charge in [0, 0.05) is 18.7 Å². The molecule has 2 atom stereocenters. The molecule has 5 nitrogen and oxygen atoms in total. The van der Waals surface area contributed by atoms with E-state index in [2.05, 4.69) is 5.32 Å². The summed E-state index contributed by atoms with van der Waals surface area (Å²) < 4.78 is 5.30. The van der Waals surface area contributed by atoms with Gasteiger partial charge in [0.25, 0.3) is 0 Å². The summed E-state index contributed by atoms with van der Waals surface area (Å²) in [5.74, 6) is 0.0542. The highest BCUT2D eigenvalue weighted by molar-refractivity contribution is 5.87. The van der Waals surface area contributed by atoms with Gasteiger partial charge >= 0.3 is 0 Å². The number of para-hydroxylation sites is 1. The Bertz CT molecular complexity index is 453. The molecule has 102 valence electrons. The van der Waals surface area contributed by atoms with E-state index in [0.717, 1.165) is 5.69 Å². The summed E-state index contributed by atoms with van der Waals surface area (Å²) in [5, 5.41) is 12.6. The summed E-state index contributed by atoms with van der Waals surface area (Å²) in [6.45, 7) is 1.47. The van der Waals surface area contributed by atoms with E-state index >= 15 is 0 Å². The Hall–Kier alpha value is -1.59. The van der Waals surface area contributed by atoms with Crippen molar-refractivity contribution in [2.45, 2.75) is 18.5 Å². The minimum absolute atomic E-state index is 0.0502. The number of anilines is 1. The number of aliphatic hydroxyl groups excluding tert-OH is 1. The lowest BCUT2D eigenvalue weighted by atomic mass is 10.1. The third kappa shape index (κ3) is 2.31. The van der Waals surface area contributed by atoms with Crippen LogP contribution < -0.4 is 5.32 Å². The van der Waals surface area contributed by atoms with E-state index in [0.29, 0.717) is 26.2 Å². The van der Waals surface area contributed by atoms with Crippen molar-refractivity contribution in [1.82, 2.24) is 4.90 Å². The molecule has 2 heterocycles. The maximum atomic E-state index is 12.5. The predicted octanol–water partition coefficient (Wildman–Crippen LogP) is 0.243. The summed E-state index contributed by atoms with van der Waals surface area (Å²) in [5.41, 5.74) is 2.21. The largest absolute Gasteiger partial charge is 0.394 e. The second-order valence-corrected chi connectivity index (χ2v) is 5.00. The summed E-state index contributed by atoms with van der Waals surface area (Å²) >= 11 is 0. The van der Waals surface area contributed by atoms with Crippen LogP contribution in [0.4, 0.5) is 5.69 Å². The number of amides is 1. The highest BCUT2D eigenvalue weighted by atomic mass is 16.5. The Morgan fingerprint density at radius 1 is 1.47 bits per heavy atom. The van der Waals surface area contributed by atoms with E-state index in [1.54, 1.807) is 4.90 Å². The fraction of sp³-hybridized carbons (Fsp3) is 0.500. The van der Waals surface area contributed by atoms with Gasteiger partial charge < -0.3 is 20.1 Å². The molecule has 2 unspecified atom stereocenters. The molecule has 1 saturated heterocycles. The van der Waals surface area contributed by atoms with E-state index in [4.69, 9.17) is 4.74 Å². The molecule has 0 aromatic heterocycles. The van der Waals surface area contributed by atoms with Gasteiger partial charge in [0.05, 0.1) is 25.9 Å². The number of ether oxygens (including phenoxy) is 1. The highest BCUT2D eigenvalue weighted by Crippen LogP contribution is 2.26. The number of aliphatic hydroxyl groups is 1. The zero-order chi connectivity index (χ0) is 13.2. The number of carbonyl (C=O) groups excluding carboxylic acids is 1. The first kappa shape index (κ1) is 12.4. The average molecular weight is 262 g/mol. The Kier molecular flexibility index (Phi) is 3.40. The minimum atomic E-state index is -0.218. The van der Waals surface area contributed by atoms with Crippen LogP contribution in [0.15, 0.2) is 24.3 Å². The van der Waals surface area contributed by atoms with Crippen molar-refractivity contribution in [3.05, 3.63) is 29.8 Å². The number of benzene rings is 1. The number of hydrogen-bond acceptors (Lipinski definition) is 4. The Morgan fingerprint density at radius 2 is 2.32 bits per heavy atom. The third-order valence-electron chi connectivity index (χ3n) is 3.79. The van der Waals surface area contributed by atoms with Gasteiger partial charge in [0.1, 0.15) is 6.04 Å². The lowest BCUT2D eigenvalue weighted by molar-refractivity contribution is -0.142. The Morgan fingerprint density at radius 3 is 3.11 bits per heavy atom. The minimum Gasteiger partial charge on any atom is -0.394 e. The molecule has 0 radical (unpaired) electrons. The number of nitrogens with zero attached hydrogens (tertiary/aromatic N) is 1. The summed E-state index contributed by atoms with van der Waals surface area (Å²) in [7, 11) is 0. The number of fused-ring (bicyclic) bond motifs is 1. The van der Waals surface area contributed by atoms with E-state index in [9.17, 15) is 9.90 Å². The van der Waals surface area contributed by atoms with Gasteiger partial charge in [-0.1, -0.05) is 18.2 Å². The molecule has 2 aliphatic rings. The molecule has 1 aromatic rings. The molecule has 0 spiro atoms.